The van der Waals surface area contributed by atoms with Crippen molar-refractivity contribution in [2.75, 3.05) is 0 Å². The highest BCUT2D eigenvalue weighted by Crippen LogP contribution is 2.30. The van der Waals surface area contributed by atoms with Gasteiger partial charge in [-0.25, -0.2) is 5.43 Å². The van der Waals surface area contributed by atoms with Crippen molar-refractivity contribution in [2.45, 2.75) is 40.7 Å². The zero-order chi connectivity index (χ0) is 14.9. The number of aryl methyl sites for hydroxylation is 5. The molecule has 2 nitrogen and oxygen atoms in total. The first-order valence-corrected chi connectivity index (χ1v) is 7.05. The molecule has 0 spiro atoms. The summed E-state index contributed by atoms with van der Waals surface area (Å²) in [6.45, 7) is 10.7. The highest BCUT2D eigenvalue weighted by molar-refractivity contribution is 5.46. The first-order valence-electron chi connectivity index (χ1n) is 7.05. The van der Waals surface area contributed by atoms with Crippen LogP contribution in [0.3, 0.4) is 0 Å². The van der Waals surface area contributed by atoms with E-state index in [9.17, 15) is 0 Å². The van der Waals surface area contributed by atoms with E-state index in [1.165, 1.54) is 38.9 Å². The van der Waals surface area contributed by atoms with Gasteiger partial charge in [0.15, 0.2) is 0 Å². The van der Waals surface area contributed by atoms with Crippen LogP contribution in [0.5, 0.6) is 0 Å². The lowest BCUT2D eigenvalue weighted by molar-refractivity contribution is 0.626. The highest BCUT2D eigenvalue weighted by atomic mass is 15.2. The SMILES string of the molecule is Cc1cc(C)c(C(NN)c2cc(C)ccc2C)c(C)c1. The van der Waals surface area contributed by atoms with Crippen molar-refractivity contribution >= 4 is 0 Å². The van der Waals surface area contributed by atoms with Crippen LogP contribution in [-0.4, -0.2) is 0 Å². The Morgan fingerprint density at radius 3 is 1.95 bits per heavy atom. The fourth-order valence-electron chi connectivity index (χ4n) is 3.05. The monoisotopic (exact) mass is 268 g/mol. The average Bonchev–Trinajstić information content (AvgIpc) is 2.37. The minimum atomic E-state index is 0.0375. The molecule has 0 bridgehead atoms. The zero-order valence-corrected chi connectivity index (χ0v) is 13.0. The van der Waals surface area contributed by atoms with Gasteiger partial charge < -0.3 is 0 Å². The zero-order valence-electron chi connectivity index (χ0n) is 13.0. The van der Waals surface area contributed by atoms with E-state index in [0.29, 0.717) is 0 Å². The molecule has 106 valence electrons. The summed E-state index contributed by atoms with van der Waals surface area (Å²) in [5.41, 5.74) is 11.9. The van der Waals surface area contributed by atoms with E-state index in [2.05, 4.69) is 70.4 Å². The Morgan fingerprint density at radius 2 is 1.40 bits per heavy atom. The molecule has 2 aromatic carbocycles. The number of hydrogen-bond acceptors (Lipinski definition) is 2. The van der Waals surface area contributed by atoms with Crippen LogP contribution < -0.4 is 11.3 Å². The molecule has 1 atom stereocenters. The molecule has 0 fully saturated rings. The standard InChI is InChI=1S/C18H24N2/c1-11-6-7-13(3)16(10-11)18(20-19)17-14(4)8-12(2)9-15(17)5/h6-10,18,20H,19H2,1-5H3. The molecular weight excluding hydrogens is 244 g/mol. The molecule has 1 unspecified atom stereocenters. The summed E-state index contributed by atoms with van der Waals surface area (Å²) in [6.07, 6.45) is 0. The Morgan fingerprint density at radius 1 is 0.800 bits per heavy atom. The Bertz CT molecular complexity index is 606. The van der Waals surface area contributed by atoms with Crippen LogP contribution in [-0.2, 0) is 0 Å². The second-order valence-electron chi connectivity index (χ2n) is 5.77. The summed E-state index contributed by atoms with van der Waals surface area (Å²) in [5.74, 6) is 5.88. The van der Waals surface area contributed by atoms with Gasteiger partial charge in [0, 0.05) is 0 Å². The third-order valence-electron chi connectivity index (χ3n) is 3.94. The molecule has 0 aliphatic rings. The molecule has 2 heteroatoms. The normalized spacial score (nSPS) is 12.5. The van der Waals surface area contributed by atoms with Crippen molar-refractivity contribution in [3.8, 4) is 0 Å². The maximum absolute atomic E-state index is 5.88. The second kappa shape index (κ2) is 5.78. The molecule has 0 aliphatic heterocycles. The summed E-state index contributed by atoms with van der Waals surface area (Å²) in [7, 11) is 0. The highest BCUT2D eigenvalue weighted by Gasteiger charge is 2.19. The fraction of sp³-hybridized carbons (Fsp3) is 0.333. The third-order valence-corrected chi connectivity index (χ3v) is 3.94. The summed E-state index contributed by atoms with van der Waals surface area (Å²) in [6, 6.07) is 11.0. The van der Waals surface area contributed by atoms with Gasteiger partial charge >= 0.3 is 0 Å². The molecule has 0 saturated heterocycles. The molecular formula is C18H24N2. The van der Waals surface area contributed by atoms with Gasteiger partial charge in [-0.15, -0.1) is 0 Å². The lowest BCUT2D eigenvalue weighted by Crippen LogP contribution is -2.30. The number of hydrogen-bond donors (Lipinski definition) is 2. The lowest BCUT2D eigenvalue weighted by Gasteiger charge is -2.24. The number of rotatable bonds is 3. The van der Waals surface area contributed by atoms with Gasteiger partial charge in [-0.05, 0) is 62.4 Å². The summed E-state index contributed by atoms with van der Waals surface area (Å²) < 4.78 is 0. The van der Waals surface area contributed by atoms with Crippen molar-refractivity contribution in [1.82, 2.24) is 5.43 Å². The lowest BCUT2D eigenvalue weighted by atomic mass is 9.88. The van der Waals surface area contributed by atoms with Crippen LogP contribution in [0, 0.1) is 34.6 Å². The maximum Gasteiger partial charge on any atom is 0.0717 e. The van der Waals surface area contributed by atoms with E-state index in [1.54, 1.807) is 0 Å². The van der Waals surface area contributed by atoms with E-state index in [-0.39, 0.29) is 6.04 Å². The van der Waals surface area contributed by atoms with Crippen LogP contribution in [0.25, 0.3) is 0 Å². The molecule has 2 rings (SSSR count). The second-order valence-corrected chi connectivity index (χ2v) is 5.77. The van der Waals surface area contributed by atoms with E-state index in [1.807, 2.05) is 0 Å². The van der Waals surface area contributed by atoms with Crippen molar-refractivity contribution < 1.29 is 0 Å². The number of hydrazine groups is 1. The smallest absolute Gasteiger partial charge is 0.0717 e. The number of nitrogens with two attached hydrogens (primary N) is 1. The third kappa shape index (κ3) is 2.77. The van der Waals surface area contributed by atoms with Crippen LogP contribution >= 0.6 is 0 Å². The molecule has 0 saturated carbocycles. The molecule has 3 N–H and O–H groups in total. The van der Waals surface area contributed by atoms with E-state index >= 15 is 0 Å². The van der Waals surface area contributed by atoms with Gasteiger partial charge in [0.25, 0.3) is 0 Å². The van der Waals surface area contributed by atoms with Gasteiger partial charge in [-0.3, -0.25) is 5.84 Å². The predicted molar refractivity (Wildman–Crippen MR) is 85.7 cm³/mol. The average molecular weight is 268 g/mol. The van der Waals surface area contributed by atoms with Gasteiger partial charge in [-0.1, -0.05) is 41.5 Å². The van der Waals surface area contributed by atoms with Crippen LogP contribution in [0.15, 0.2) is 30.3 Å². The van der Waals surface area contributed by atoms with Crippen molar-refractivity contribution in [3.63, 3.8) is 0 Å². The molecule has 20 heavy (non-hydrogen) atoms. The van der Waals surface area contributed by atoms with Gasteiger partial charge in [0.1, 0.15) is 0 Å². The Kier molecular flexibility index (Phi) is 4.26. The summed E-state index contributed by atoms with van der Waals surface area (Å²) in [4.78, 5) is 0. The Hall–Kier alpha value is -1.64. The summed E-state index contributed by atoms with van der Waals surface area (Å²) >= 11 is 0. The van der Waals surface area contributed by atoms with Crippen LogP contribution in [0.4, 0.5) is 0 Å². The van der Waals surface area contributed by atoms with E-state index < -0.39 is 0 Å². The van der Waals surface area contributed by atoms with Gasteiger partial charge in [0.2, 0.25) is 0 Å². The van der Waals surface area contributed by atoms with Crippen molar-refractivity contribution in [2.24, 2.45) is 5.84 Å². The summed E-state index contributed by atoms with van der Waals surface area (Å²) in [5, 5.41) is 0. The minimum absolute atomic E-state index is 0.0375. The first kappa shape index (κ1) is 14.8. The number of benzene rings is 2. The van der Waals surface area contributed by atoms with Crippen molar-refractivity contribution in [3.05, 3.63) is 69.3 Å². The molecule has 0 aliphatic carbocycles. The predicted octanol–water partition coefficient (Wildman–Crippen LogP) is 3.78. The molecule has 0 amide bonds. The molecule has 0 radical (unpaired) electrons. The Balaban J connectivity index is 2.61. The number of nitrogens with one attached hydrogen (secondary N) is 1. The van der Waals surface area contributed by atoms with Crippen LogP contribution in [0.2, 0.25) is 0 Å². The fourth-order valence-corrected chi connectivity index (χ4v) is 3.05. The molecule has 0 aromatic heterocycles. The quantitative estimate of drug-likeness (QED) is 0.656. The molecule has 2 aromatic rings. The molecule has 0 heterocycles. The van der Waals surface area contributed by atoms with Crippen LogP contribution in [0.1, 0.15) is 45.0 Å². The first-order chi connectivity index (χ1) is 9.43. The maximum atomic E-state index is 5.88. The van der Waals surface area contributed by atoms with Gasteiger partial charge in [-0.2, -0.15) is 0 Å². The Labute approximate surface area is 122 Å². The largest absolute Gasteiger partial charge is 0.271 e. The van der Waals surface area contributed by atoms with Gasteiger partial charge in [0.05, 0.1) is 6.04 Å². The van der Waals surface area contributed by atoms with Crippen molar-refractivity contribution in [1.29, 1.82) is 0 Å². The van der Waals surface area contributed by atoms with E-state index in [4.69, 9.17) is 5.84 Å². The minimum Gasteiger partial charge on any atom is -0.271 e. The topological polar surface area (TPSA) is 38.0 Å². The van der Waals surface area contributed by atoms with E-state index in [0.717, 1.165) is 0 Å².